The summed E-state index contributed by atoms with van der Waals surface area (Å²) >= 11 is 0. The molecule has 0 amide bonds. The van der Waals surface area contributed by atoms with Crippen molar-refractivity contribution in [1.82, 2.24) is 9.97 Å². The number of anilines is 1. The van der Waals surface area contributed by atoms with Gasteiger partial charge in [-0.25, -0.2) is 9.97 Å². The summed E-state index contributed by atoms with van der Waals surface area (Å²) in [4.78, 5) is 8.21. The van der Waals surface area contributed by atoms with Gasteiger partial charge in [-0.1, -0.05) is 20.8 Å². The predicted octanol–water partition coefficient (Wildman–Crippen LogP) is 4.11. The number of rotatable bonds is 3. The van der Waals surface area contributed by atoms with Crippen LogP contribution in [0.2, 0.25) is 18.1 Å². The lowest BCUT2D eigenvalue weighted by Crippen LogP contribution is -2.44. The second-order valence-corrected chi connectivity index (χ2v) is 12.5. The van der Waals surface area contributed by atoms with Crippen molar-refractivity contribution >= 4 is 14.3 Å². The summed E-state index contributed by atoms with van der Waals surface area (Å²) < 4.78 is 6.53. The second kappa shape index (κ2) is 6.05. The van der Waals surface area contributed by atoms with E-state index in [1.807, 2.05) is 12.4 Å². The van der Waals surface area contributed by atoms with Gasteiger partial charge in [-0.05, 0) is 55.3 Å². The smallest absolute Gasteiger partial charge is 0.219 e. The van der Waals surface area contributed by atoms with E-state index in [4.69, 9.17) is 10.2 Å². The van der Waals surface area contributed by atoms with Crippen molar-refractivity contribution in [1.29, 1.82) is 0 Å². The van der Waals surface area contributed by atoms with E-state index in [-0.39, 0.29) is 5.04 Å². The SMILES string of the molecule is CC(C)(C)[Si](C)(C)OC1CCC(c2cnc(N)nc2)CC1. The largest absolute Gasteiger partial charge is 0.414 e. The van der Waals surface area contributed by atoms with Crippen molar-refractivity contribution in [3.05, 3.63) is 18.0 Å². The van der Waals surface area contributed by atoms with Gasteiger partial charge in [0.25, 0.3) is 0 Å². The number of hydrogen-bond acceptors (Lipinski definition) is 4. The second-order valence-electron chi connectivity index (χ2n) is 7.73. The minimum atomic E-state index is -1.64. The standard InChI is InChI=1S/C16H29N3OSi/c1-16(2,3)21(4,5)20-14-8-6-12(7-9-14)13-10-18-15(17)19-11-13/h10-12,14H,6-9H2,1-5H3,(H2,17,18,19). The fourth-order valence-corrected chi connectivity index (χ4v) is 4.09. The maximum atomic E-state index is 6.53. The van der Waals surface area contributed by atoms with E-state index in [0.717, 1.165) is 25.7 Å². The Hall–Kier alpha value is -0.943. The maximum Gasteiger partial charge on any atom is 0.219 e. The highest BCUT2D eigenvalue weighted by atomic mass is 28.4. The lowest BCUT2D eigenvalue weighted by molar-refractivity contribution is 0.130. The lowest BCUT2D eigenvalue weighted by atomic mass is 9.84. The van der Waals surface area contributed by atoms with Crippen LogP contribution in [0, 0.1) is 0 Å². The van der Waals surface area contributed by atoms with Crippen molar-refractivity contribution < 1.29 is 4.43 Å². The molecule has 2 N–H and O–H groups in total. The molecule has 1 saturated carbocycles. The zero-order valence-corrected chi connectivity index (χ0v) is 15.0. The summed E-state index contributed by atoms with van der Waals surface area (Å²) in [5, 5.41) is 0.286. The van der Waals surface area contributed by atoms with Gasteiger partial charge in [0, 0.05) is 18.5 Å². The van der Waals surface area contributed by atoms with Crippen LogP contribution in [0.1, 0.15) is 57.9 Å². The van der Waals surface area contributed by atoms with Gasteiger partial charge in [-0.3, -0.25) is 0 Å². The third-order valence-corrected chi connectivity index (χ3v) is 9.64. The topological polar surface area (TPSA) is 61.0 Å². The minimum Gasteiger partial charge on any atom is -0.414 e. The molecule has 4 nitrogen and oxygen atoms in total. The fraction of sp³-hybridized carbons (Fsp3) is 0.750. The zero-order valence-electron chi connectivity index (χ0n) is 14.0. The molecule has 21 heavy (non-hydrogen) atoms. The Morgan fingerprint density at radius 1 is 1.10 bits per heavy atom. The first kappa shape index (κ1) is 16.4. The molecule has 118 valence electrons. The highest BCUT2D eigenvalue weighted by Crippen LogP contribution is 2.41. The fourth-order valence-electron chi connectivity index (χ4n) is 2.67. The third kappa shape index (κ3) is 4.04. The Morgan fingerprint density at radius 3 is 2.10 bits per heavy atom. The molecule has 1 aromatic heterocycles. The van der Waals surface area contributed by atoms with Crippen LogP contribution in [0.4, 0.5) is 5.95 Å². The molecular weight excluding hydrogens is 278 g/mol. The van der Waals surface area contributed by atoms with E-state index >= 15 is 0 Å². The van der Waals surface area contributed by atoms with E-state index in [0.29, 0.717) is 18.0 Å². The first-order chi connectivity index (χ1) is 9.69. The van der Waals surface area contributed by atoms with Crippen LogP contribution in [0.3, 0.4) is 0 Å². The van der Waals surface area contributed by atoms with Gasteiger partial charge in [-0.2, -0.15) is 0 Å². The molecule has 0 saturated heterocycles. The maximum absolute atomic E-state index is 6.53. The predicted molar refractivity (Wildman–Crippen MR) is 89.7 cm³/mol. The van der Waals surface area contributed by atoms with Crippen LogP contribution in [0.5, 0.6) is 0 Å². The third-order valence-electron chi connectivity index (χ3n) is 5.10. The average Bonchev–Trinajstić information content (AvgIpc) is 2.39. The molecule has 2 rings (SSSR count). The van der Waals surface area contributed by atoms with Gasteiger partial charge in [-0.15, -0.1) is 0 Å². The summed E-state index contributed by atoms with van der Waals surface area (Å²) in [6.07, 6.45) is 8.78. The van der Waals surface area contributed by atoms with Crippen LogP contribution in [-0.4, -0.2) is 24.4 Å². The summed E-state index contributed by atoms with van der Waals surface area (Å²) in [6, 6.07) is 0. The van der Waals surface area contributed by atoms with Crippen molar-refractivity contribution in [2.24, 2.45) is 0 Å². The summed E-state index contributed by atoms with van der Waals surface area (Å²) in [5.74, 6) is 0.915. The molecule has 1 aliphatic carbocycles. The van der Waals surface area contributed by atoms with Crippen LogP contribution < -0.4 is 5.73 Å². The summed E-state index contributed by atoms with van der Waals surface area (Å²) in [5.41, 5.74) is 6.77. The van der Waals surface area contributed by atoms with Gasteiger partial charge in [0.05, 0.1) is 0 Å². The van der Waals surface area contributed by atoms with E-state index in [1.165, 1.54) is 5.56 Å². The van der Waals surface area contributed by atoms with Gasteiger partial charge >= 0.3 is 0 Å². The molecule has 1 heterocycles. The van der Waals surface area contributed by atoms with Gasteiger partial charge in [0.1, 0.15) is 0 Å². The van der Waals surface area contributed by atoms with Crippen molar-refractivity contribution in [3.63, 3.8) is 0 Å². The van der Waals surface area contributed by atoms with Crippen LogP contribution >= 0.6 is 0 Å². The summed E-state index contributed by atoms with van der Waals surface area (Å²) in [6.45, 7) is 11.6. The van der Waals surface area contributed by atoms with Crippen LogP contribution in [0.15, 0.2) is 12.4 Å². The van der Waals surface area contributed by atoms with E-state index in [2.05, 4.69) is 43.8 Å². The summed E-state index contributed by atoms with van der Waals surface area (Å²) in [7, 11) is -1.64. The molecule has 0 spiro atoms. The molecule has 1 aliphatic rings. The van der Waals surface area contributed by atoms with E-state index in [9.17, 15) is 0 Å². The Labute approximate surface area is 129 Å². The highest BCUT2D eigenvalue weighted by molar-refractivity contribution is 6.74. The number of aromatic nitrogens is 2. The number of hydrogen-bond donors (Lipinski definition) is 1. The van der Waals surface area contributed by atoms with Crippen LogP contribution in [-0.2, 0) is 4.43 Å². The van der Waals surface area contributed by atoms with Crippen LogP contribution in [0.25, 0.3) is 0 Å². The molecule has 0 radical (unpaired) electrons. The van der Waals surface area contributed by atoms with Crippen molar-refractivity contribution in [3.8, 4) is 0 Å². The normalized spacial score (nSPS) is 24.0. The molecule has 0 atom stereocenters. The number of nitrogens with two attached hydrogens (primary N) is 1. The minimum absolute atomic E-state index is 0.286. The highest BCUT2D eigenvalue weighted by Gasteiger charge is 2.39. The first-order valence-corrected chi connectivity index (χ1v) is 10.8. The molecule has 0 aliphatic heterocycles. The number of nitrogens with zero attached hydrogens (tertiary/aromatic N) is 2. The van der Waals surface area contributed by atoms with Gasteiger partial charge in [0.15, 0.2) is 8.32 Å². The quantitative estimate of drug-likeness (QED) is 0.854. The molecule has 0 bridgehead atoms. The van der Waals surface area contributed by atoms with Crippen molar-refractivity contribution in [2.75, 3.05) is 5.73 Å². The monoisotopic (exact) mass is 307 g/mol. The van der Waals surface area contributed by atoms with Gasteiger partial charge in [0.2, 0.25) is 5.95 Å². The molecule has 1 fully saturated rings. The number of nitrogen functional groups attached to an aromatic ring is 1. The Kier molecular flexibility index (Phi) is 4.73. The van der Waals surface area contributed by atoms with E-state index < -0.39 is 8.32 Å². The van der Waals surface area contributed by atoms with Crippen molar-refractivity contribution in [2.45, 2.75) is 76.6 Å². The molecule has 0 aromatic carbocycles. The molecule has 1 aromatic rings. The molecule has 0 unspecified atom stereocenters. The van der Waals surface area contributed by atoms with E-state index in [1.54, 1.807) is 0 Å². The molecule has 5 heteroatoms. The van der Waals surface area contributed by atoms with Gasteiger partial charge < -0.3 is 10.2 Å². The Balaban J connectivity index is 1.90. The Morgan fingerprint density at radius 2 is 1.62 bits per heavy atom. The molecular formula is C16H29N3OSi. The first-order valence-electron chi connectivity index (χ1n) is 7.94. The average molecular weight is 308 g/mol. The Bertz CT molecular complexity index is 459. The zero-order chi connectivity index (χ0) is 15.7. The lowest BCUT2D eigenvalue weighted by Gasteiger charge is -2.41.